The van der Waals surface area contributed by atoms with Gasteiger partial charge < -0.3 is 65.8 Å². The second-order valence-electron chi connectivity index (χ2n) is 26.1. The van der Waals surface area contributed by atoms with Gasteiger partial charge in [0.1, 0.15) is 60.4 Å². The number of amides is 11. The predicted molar refractivity (Wildman–Crippen MR) is 330 cm³/mol. The van der Waals surface area contributed by atoms with E-state index in [1.54, 1.807) is 60.6 Å². The molecule has 1 rings (SSSR count). The maximum atomic E-state index is 15.1. The number of likely N-dealkylation sites (N-methyl/N-ethyl adjacent to an activating group) is 7. The quantitative estimate of drug-likeness (QED) is 0.121. The summed E-state index contributed by atoms with van der Waals surface area (Å²) in [5.74, 6) is -10.6. The molecule has 0 aliphatic carbocycles. The number of aliphatic hydroxyl groups excluding tert-OH is 2. The lowest BCUT2D eigenvalue weighted by Crippen LogP contribution is -2.63. The molecular weight excluding hydrogens is 1110 g/mol. The van der Waals surface area contributed by atoms with Gasteiger partial charge in [-0.05, 0) is 93.8 Å². The van der Waals surface area contributed by atoms with E-state index in [1.807, 2.05) is 55.4 Å². The van der Waals surface area contributed by atoms with Crippen molar-refractivity contribution in [2.75, 3.05) is 62.5 Å². The minimum absolute atomic E-state index is 0.0119. The van der Waals surface area contributed by atoms with Crippen molar-refractivity contribution in [3.8, 4) is 0 Å². The molecule has 0 aromatic heterocycles. The van der Waals surface area contributed by atoms with Gasteiger partial charge in [0.05, 0.1) is 19.3 Å². The third kappa shape index (κ3) is 21.6. The van der Waals surface area contributed by atoms with Gasteiger partial charge in [-0.3, -0.25) is 52.7 Å². The van der Waals surface area contributed by atoms with E-state index < -0.39 is 162 Å². The van der Waals surface area contributed by atoms with Gasteiger partial charge in [-0.2, -0.15) is 0 Å². The predicted octanol–water partition coefficient (Wildman–Crippen LogP) is 2.24. The van der Waals surface area contributed by atoms with Crippen LogP contribution in [0.25, 0.3) is 0 Å². The van der Waals surface area contributed by atoms with Gasteiger partial charge in [0.15, 0.2) is 0 Å². The van der Waals surface area contributed by atoms with E-state index in [0.29, 0.717) is 6.42 Å². The van der Waals surface area contributed by atoms with Crippen molar-refractivity contribution in [1.82, 2.24) is 55.6 Å². The van der Waals surface area contributed by atoms with Crippen LogP contribution in [0.4, 0.5) is 0 Å². The van der Waals surface area contributed by atoms with Gasteiger partial charge in [0.2, 0.25) is 65.0 Å². The van der Waals surface area contributed by atoms with Crippen LogP contribution < -0.4 is 21.3 Å². The summed E-state index contributed by atoms with van der Waals surface area (Å²) in [7, 11) is 9.70. The number of allylic oxidation sites excluding steroid dienone is 2. The number of rotatable bonds is 16. The highest BCUT2D eigenvalue weighted by molar-refractivity contribution is 5.99. The normalized spacial score (nSPS) is 26.7. The number of nitrogens with one attached hydrogen (secondary N) is 4. The zero-order valence-corrected chi connectivity index (χ0v) is 56.2. The molecule has 0 spiro atoms. The lowest BCUT2D eigenvalue weighted by Gasteiger charge is -2.41. The standard InChI is InChI=1S/C62H111N11O13/c1-24-26-27-40(15)52(76)51-56(80)64-42(25-2)57(81)67(17)32-48(75)68(18)44(28-34(3)4)55(79)66-49(38(11)12)61(85)69(19)45(29-35(5)6)54(78)63-41(16)53(77)65-43(33-74)58(82)70(20)46(30-36(7)8)59(83)71(21)47(31-37(9)10)60(84)72(22)50(39(13)14)62(86)73(51)23/h24,26,34-47,49-52,74,76H,25,27-33H2,1-23H3,(H,63,78)(H,64,80)(H,65,77)(H,66,79)/b26-24+/t40-,41+,42+,43-,44+,45+,46+,47+,49+,50+,51?,52-/m1/s1. The molecule has 0 aromatic rings. The Morgan fingerprint density at radius 3 is 1.34 bits per heavy atom. The van der Waals surface area contributed by atoms with Gasteiger partial charge in [-0.25, -0.2) is 0 Å². The summed E-state index contributed by atoms with van der Waals surface area (Å²) in [6.07, 6.45) is 2.81. The fraction of sp³-hybridized carbons (Fsp3) is 0.790. The molecule has 12 atom stereocenters. The van der Waals surface area contributed by atoms with Gasteiger partial charge in [0.25, 0.3) is 0 Å². The Morgan fingerprint density at radius 1 is 0.477 bits per heavy atom. The third-order valence-corrected chi connectivity index (χ3v) is 16.1. The monoisotopic (exact) mass is 1220 g/mol. The van der Waals surface area contributed by atoms with Crippen LogP contribution in [0.3, 0.4) is 0 Å². The first-order valence-electron chi connectivity index (χ1n) is 30.7. The molecule has 1 unspecified atom stereocenters. The number of carbonyl (C=O) groups excluding carboxylic acids is 11. The highest BCUT2D eigenvalue weighted by atomic mass is 16.3. The molecule has 86 heavy (non-hydrogen) atoms. The smallest absolute Gasteiger partial charge is 0.247 e. The van der Waals surface area contributed by atoms with Crippen LogP contribution in [0.15, 0.2) is 12.2 Å². The van der Waals surface area contributed by atoms with Crippen molar-refractivity contribution in [1.29, 1.82) is 0 Å². The highest BCUT2D eigenvalue weighted by Crippen LogP contribution is 2.26. The highest BCUT2D eigenvalue weighted by Gasteiger charge is 2.46. The second kappa shape index (κ2) is 35.6. The van der Waals surface area contributed by atoms with Gasteiger partial charge in [-0.15, -0.1) is 0 Å². The fourth-order valence-electron chi connectivity index (χ4n) is 10.7. The van der Waals surface area contributed by atoms with Crippen LogP contribution in [-0.2, 0) is 52.7 Å². The number of hydrogen-bond acceptors (Lipinski definition) is 13. The molecule has 1 aliphatic rings. The summed E-state index contributed by atoms with van der Waals surface area (Å²) < 4.78 is 0. The molecule has 1 heterocycles. The molecule has 24 heteroatoms. The number of hydrogen-bond donors (Lipinski definition) is 6. The molecule has 0 bridgehead atoms. The van der Waals surface area contributed by atoms with Gasteiger partial charge in [-0.1, -0.05) is 109 Å². The van der Waals surface area contributed by atoms with Crippen molar-refractivity contribution >= 4 is 65.0 Å². The van der Waals surface area contributed by atoms with Crippen LogP contribution >= 0.6 is 0 Å². The van der Waals surface area contributed by atoms with Gasteiger partial charge in [0, 0.05) is 49.3 Å². The topological polar surface area (TPSA) is 299 Å². The molecule has 0 saturated carbocycles. The van der Waals surface area contributed by atoms with Crippen molar-refractivity contribution < 1.29 is 63.0 Å². The summed E-state index contributed by atoms with van der Waals surface area (Å²) in [4.78, 5) is 168. The Hall–Kier alpha value is -6.17. The van der Waals surface area contributed by atoms with Crippen LogP contribution in [0.1, 0.15) is 149 Å². The van der Waals surface area contributed by atoms with Crippen LogP contribution in [-0.4, -0.2) is 238 Å². The van der Waals surface area contributed by atoms with Crippen LogP contribution in [0.5, 0.6) is 0 Å². The fourth-order valence-corrected chi connectivity index (χ4v) is 10.7. The van der Waals surface area contributed by atoms with E-state index in [9.17, 15) is 53.4 Å². The van der Waals surface area contributed by atoms with E-state index in [1.165, 1.54) is 75.9 Å². The minimum Gasteiger partial charge on any atom is -0.394 e. The van der Waals surface area contributed by atoms with Crippen LogP contribution in [0.2, 0.25) is 0 Å². The summed E-state index contributed by atoms with van der Waals surface area (Å²) in [6, 6.07) is -13.1. The van der Waals surface area contributed by atoms with Crippen molar-refractivity contribution in [2.24, 2.45) is 41.4 Å². The maximum absolute atomic E-state index is 15.1. The van der Waals surface area contributed by atoms with Crippen molar-refractivity contribution in [2.45, 2.75) is 216 Å². The lowest BCUT2D eigenvalue weighted by molar-refractivity contribution is -0.157. The van der Waals surface area contributed by atoms with E-state index in [-0.39, 0.29) is 55.8 Å². The number of nitrogens with zero attached hydrogens (tertiary/aromatic N) is 7. The average Bonchev–Trinajstić information content (AvgIpc) is 1.90. The number of aliphatic hydroxyl groups is 2. The largest absolute Gasteiger partial charge is 0.394 e. The van der Waals surface area contributed by atoms with Gasteiger partial charge >= 0.3 is 0 Å². The van der Waals surface area contributed by atoms with E-state index >= 15 is 9.59 Å². The SMILES string of the molecule is C/C=C/C[C@@H](C)[C@@H](O)C1C(=O)N[C@@H](CC)C(=O)N(C)CC(=O)N(C)[C@@H](CC(C)C)C(=O)N[C@@H](C(C)C)C(=O)N(C)[C@@H](CC(C)C)C(=O)N[C@@H](C)C(=O)N[C@H](CO)C(=O)N(C)[C@@H](CC(C)C)C(=O)N(C)[C@@H](CC(C)C)C(=O)N(C)[C@@H](C(C)C)C(=O)N1C. The first-order chi connectivity index (χ1) is 39.7. The molecule has 0 radical (unpaired) electrons. The Morgan fingerprint density at radius 2 is 0.895 bits per heavy atom. The minimum atomic E-state index is -1.63. The molecule has 24 nitrogen and oxygen atoms in total. The zero-order valence-electron chi connectivity index (χ0n) is 56.2. The molecule has 492 valence electrons. The summed E-state index contributed by atoms with van der Waals surface area (Å²) >= 11 is 0. The van der Waals surface area contributed by atoms with Crippen molar-refractivity contribution in [3.05, 3.63) is 12.2 Å². The summed E-state index contributed by atoms with van der Waals surface area (Å²) in [5.41, 5.74) is 0. The Balaban J connectivity index is 4.36. The average molecular weight is 1220 g/mol. The second-order valence-corrected chi connectivity index (χ2v) is 26.1. The summed E-state index contributed by atoms with van der Waals surface area (Å²) in [5, 5.41) is 33.5. The molecule has 0 aromatic carbocycles. The first kappa shape index (κ1) is 77.8. The summed E-state index contributed by atoms with van der Waals surface area (Å²) in [6.45, 7) is 26.6. The van der Waals surface area contributed by atoms with Crippen molar-refractivity contribution in [3.63, 3.8) is 0 Å². The lowest BCUT2D eigenvalue weighted by atomic mass is 9.91. The molecule has 6 N–H and O–H groups in total. The molecule has 1 fully saturated rings. The first-order valence-corrected chi connectivity index (χ1v) is 30.7. The maximum Gasteiger partial charge on any atom is 0.247 e. The Bertz CT molecular complexity index is 2350. The molecule has 11 amide bonds. The Kier molecular flexibility index (Phi) is 32.2. The number of carbonyl (C=O) groups is 11. The van der Waals surface area contributed by atoms with E-state index in [2.05, 4.69) is 21.3 Å². The third-order valence-electron chi connectivity index (χ3n) is 16.1. The van der Waals surface area contributed by atoms with E-state index in [4.69, 9.17) is 0 Å². The molecule has 1 saturated heterocycles. The molecule has 1 aliphatic heterocycles. The molecular formula is C62H111N11O13. The Labute approximate surface area is 513 Å². The van der Waals surface area contributed by atoms with E-state index in [0.717, 1.165) is 14.7 Å². The van der Waals surface area contributed by atoms with Crippen LogP contribution in [0, 0.1) is 41.4 Å². The zero-order chi connectivity index (χ0) is 66.7.